The number of hydrogen-bond donors (Lipinski definition) is 0. The normalized spacial score (nSPS) is 13.0. The Hall–Kier alpha value is -3.51. The molecule has 242 valence electrons. The van der Waals surface area contributed by atoms with Gasteiger partial charge in [-0.25, -0.2) is 19.2 Å². The zero-order chi connectivity index (χ0) is 33.6. The lowest BCUT2D eigenvalue weighted by Crippen LogP contribution is -2.40. The van der Waals surface area contributed by atoms with Crippen molar-refractivity contribution in [3.05, 3.63) is 45.9 Å². The minimum atomic E-state index is -2.05. The molecule has 11 nitrogen and oxygen atoms in total. The Morgan fingerprint density at radius 3 is 2.02 bits per heavy atom. The summed E-state index contributed by atoms with van der Waals surface area (Å²) in [4.78, 5) is 41.7. The molecule has 0 fully saturated rings. The van der Waals surface area contributed by atoms with Crippen molar-refractivity contribution in [3.63, 3.8) is 0 Å². The first-order valence-corrected chi connectivity index (χ1v) is 17.9. The van der Waals surface area contributed by atoms with Crippen LogP contribution in [0.25, 0.3) is 10.8 Å². The van der Waals surface area contributed by atoms with Crippen LogP contribution in [0.5, 0.6) is 0 Å². The SMILES string of the molecule is Cc1cc(N(C(=O)OC(C)(C)C)c2nn(C(C)C)c(=O)c3cc(CO[Si](C)(C)C(C)(C)C)ccc23)nn1C(=O)OC(C)(C)C. The van der Waals surface area contributed by atoms with Crippen LogP contribution < -0.4 is 10.5 Å². The van der Waals surface area contributed by atoms with Gasteiger partial charge in [0.2, 0.25) is 0 Å². The van der Waals surface area contributed by atoms with Crippen molar-refractivity contribution in [2.45, 2.75) is 125 Å². The lowest BCUT2D eigenvalue weighted by molar-refractivity contribution is 0.0506. The molecule has 0 atom stereocenters. The first kappa shape index (κ1) is 35.0. The maximum Gasteiger partial charge on any atom is 0.435 e. The van der Waals surface area contributed by atoms with Gasteiger partial charge in [-0.2, -0.15) is 9.78 Å². The minimum absolute atomic E-state index is 0.0278. The van der Waals surface area contributed by atoms with Gasteiger partial charge < -0.3 is 13.9 Å². The molecule has 2 heterocycles. The summed E-state index contributed by atoms with van der Waals surface area (Å²) < 4.78 is 20.2. The van der Waals surface area contributed by atoms with Gasteiger partial charge in [-0.1, -0.05) is 32.9 Å². The largest absolute Gasteiger partial charge is 0.443 e. The third-order valence-electron chi connectivity index (χ3n) is 7.32. The molecule has 0 saturated carbocycles. The number of hydrogen-bond acceptors (Lipinski definition) is 8. The third kappa shape index (κ3) is 7.95. The number of rotatable bonds is 6. The highest BCUT2D eigenvalue weighted by molar-refractivity contribution is 6.74. The second-order valence-corrected chi connectivity index (χ2v) is 19.8. The molecule has 1 amide bonds. The van der Waals surface area contributed by atoms with Crippen molar-refractivity contribution in [3.8, 4) is 0 Å². The van der Waals surface area contributed by atoms with Crippen molar-refractivity contribution in [1.82, 2.24) is 19.6 Å². The van der Waals surface area contributed by atoms with Gasteiger partial charge in [0.05, 0.1) is 23.7 Å². The number of ether oxygens (including phenoxy) is 2. The topological polar surface area (TPSA) is 118 Å². The molecule has 0 spiro atoms. The molecule has 3 aromatic rings. The van der Waals surface area contributed by atoms with E-state index in [9.17, 15) is 14.4 Å². The number of anilines is 2. The number of aryl methyl sites for hydroxylation is 1. The number of amides is 1. The molecular formula is C32H49N5O6Si. The molecule has 0 aliphatic carbocycles. The van der Waals surface area contributed by atoms with Crippen molar-refractivity contribution < 1.29 is 23.5 Å². The van der Waals surface area contributed by atoms with Crippen LogP contribution in [0.15, 0.2) is 29.1 Å². The van der Waals surface area contributed by atoms with Gasteiger partial charge in [0, 0.05) is 11.5 Å². The van der Waals surface area contributed by atoms with Crippen LogP contribution >= 0.6 is 0 Å². The smallest absolute Gasteiger partial charge is 0.435 e. The summed E-state index contributed by atoms with van der Waals surface area (Å²) in [5.41, 5.74) is -0.631. The molecule has 0 aliphatic rings. The highest BCUT2D eigenvalue weighted by Gasteiger charge is 2.37. The lowest BCUT2D eigenvalue weighted by Gasteiger charge is -2.36. The summed E-state index contributed by atoms with van der Waals surface area (Å²) in [6, 6.07) is 6.69. The Morgan fingerprint density at radius 1 is 0.909 bits per heavy atom. The Labute approximate surface area is 261 Å². The van der Waals surface area contributed by atoms with E-state index in [0.29, 0.717) is 23.1 Å². The van der Waals surface area contributed by atoms with Crippen LogP contribution in [0, 0.1) is 6.92 Å². The molecule has 0 radical (unpaired) electrons. The van der Waals surface area contributed by atoms with Crippen molar-refractivity contribution >= 4 is 42.9 Å². The molecule has 0 bridgehead atoms. The first-order chi connectivity index (χ1) is 19.9. The second-order valence-electron chi connectivity index (χ2n) is 14.9. The molecule has 3 rings (SSSR count). The maximum atomic E-state index is 13.9. The standard InChI is InChI=1S/C32H49N5O6Si/c1-20(2)36-27(38)24-18-22(19-41-44(13,14)32(10,11)12)15-16-23(24)26(34-36)35(28(39)42-30(4,5)6)25-17-21(3)37(33-25)29(40)43-31(7,8)9/h15-18,20H,19H2,1-14H3. The van der Waals surface area contributed by atoms with Crippen molar-refractivity contribution in [1.29, 1.82) is 0 Å². The van der Waals surface area contributed by atoms with E-state index in [2.05, 4.69) is 44.1 Å². The fourth-order valence-corrected chi connectivity index (χ4v) is 4.99. The van der Waals surface area contributed by atoms with E-state index < -0.39 is 31.7 Å². The number of fused-ring (bicyclic) bond motifs is 1. The average molecular weight is 628 g/mol. The first-order valence-electron chi connectivity index (χ1n) is 14.9. The van der Waals surface area contributed by atoms with Gasteiger partial charge in [0.15, 0.2) is 20.0 Å². The van der Waals surface area contributed by atoms with E-state index in [4.69, 9.17) is 13.9 Å². The Balaban J connectivity index is 2.26. The summed E-state index contributed by atoms with van der Waals surface area (Å²) in [6.45, 7) is 27.1. The number of benzene rings is 1. The van der Waals surface area contributed by atoms with E-state index in [1.165, 1.54) is 9.58 Å². The van der Waals surface area contributed by atoms with E-state index in [1.807, 2.05) is 19.9 Å². The molecule has 2 aromatic heterocycles. The zero-order valence-electron chi connectivity index (χ0n) is 28.8. The molecule has 44 heavy (non-hydrogen) atoms. The quantitative estimate of drug-likeness (QED) is 0.254. The van der Waals surface area contributed by atoms with Crippen molar-refractivity contribution in [2.75, 3.05) is 4.90 Å². The van der Waals surface area contributed by atoms with Gasteiger partial charge in [-0.05, 0) is 92.1 Å². The fraction of sp³-hybridized carbons (Fsp3) is 0.594. The van der Waals surface area contributed by atoms with E-state index in [1.54, 1.807) is 66.7 Å². The number of carbonyl (C=O) groups excluding carboxylic acids is 2. The predicted octanol–water partition coefficient (Wildman–Crippen LogP) is 7.86. The summed E-state index contributed by atoms with van der Waals surface area (Å²) in [5, 5.41) is 9.93. The molecule has 0 saturated heterocycles. The predicted molar refractivity (Wildman–Crippen MR) is 175 cm³/mol. The monoisotopic (exact) mass is 627 g/mol. The van der Waals surface area contributed by atoms with Crippen molar-refractivity contribution in [2.24, 2.45) is 0 Å². The summed E-state index contributed by atoms with van der Waals surface area (Å²) in [6.07, 6.45) is -1.46. The van der Waals surface area contributed by atoms with Crippen LogP contribution in [0.2, 0.25) is 18.1 Å². The van der Waals surface area contributed by atoms with Crippen LogP contribution in [-0.4, -0.2) is 51.3 Å². The molecule has 12 heteroatoms. The molecule has 0 unspecified atom stereocenters. The average Bonchev–Trinajstić information content (AvgIpc) is 3.22. The van der Waals surface area contributed by atoms with Gasteiger partial charge in [0.1, 0.15) is 11.2 Å². The summed E-state index contributed by atoms with van der Waals surface area (Å²) in [5.74, 6) is 0.240. The zero-order valence-corrected chi connectivity index (χ0v) is 29.8. The van der Waals surface area contributed by atoms with Gasteiger partial charge in [-0.15, -0.1) is 5.10 Å². The van der Waals surface area contributed by atoms with Crippen LogP contribution in [0.4, 0.5) is 21.2 Å². The number of aromatic nitrogens is 4. The second kappa shape index (κ2) is 12.1. The highest BCUT2D eigenvalue weighted by Crippen LogP contribution is 2.37. The van der Waals surface area contributed by atoms with Crippen LogP contribution in [-0.2, 0) is 20.5 Å². The van der Waals surface area contributed by atoms with E-state index in [0.717, 1.165) is 10.2 Å². The maximum absolute atomic E-state index is 13.9. The molecular weight excluding hydrogens is 578 g/mol. The minimum Gasteiger partial charge on any atom is -0.443 e. The van der Waals surface area contributed by atoms with E-state index >= 15 is 0 Å². The third-order valence-corrected chi connectivity index (χ3v) is 11.8. The molecule has 0 N–H and O–H groups in total. The van der Waals surface area contributed by atoms with Crippen LogP contribution in [0.3, 0.4) is 0 Å². The summed E-state index contributed by atoms with van der Waals surface area (Å²) >= 11 is 0. The highest BCUT2D eigenvalue weighted by atomic mass is 28.4. The molecule has 1 aromatic carbocycles. The van der Waals surface area contributed by atoms with Crippen LogP contribution in [0.1, 0.15) is 93.5 Å². The lowest BCUT2D eigenvalue weighted by atomic mass is 10.1. The Morgan fingerprint density at radius 2 is 1.50 bits per heavy atom. The fourth-order valence-electron chi connectivity index (χ4n) is 4.03. The Bertz CT molecular complexity index is 1600. The Kier molecular flexibility index (Phi) is 9.63. The molecule has 0 aliphatic heterocycles. The number of carbonyl (C=O) groups is 2. The summed E-state index contributed by atoms with van der Waals surface area (Å²) in [7, 11) is -2.05. The van der Waals surface area contributed by atoms with E-state index in [-0.39, 0.29) is 28.3 Å². The van der Waals surface area contributed by atoms with Gasteiger partial charge >= 0.3 is 12.2 Å². The number of nitrogens with zero attached hydrogens (tertiary/aromatic N) is 5. The van der Waals surface area contributed by atoms with Gasteiger partial charge in [0.25, 0.3) is 5.56 Å². The van der Waals surface area contributed by atoms with Gasteiger partial charge in [-0.3, -0.25) is 4.79 Å².